The summed E-state index contributed by atoms with van der Waals surface area (Å²) in [5.74, 6) is -0.665. The van der Waals surface area contributed by atoms with Crippen molar-refractivity contribution in [3.05, 3.63) is 46.0 Å². The normalized spacial score (nSPS) is 14.7. The topological polar surface area (TPSA) is 73.2 Å². The van der Waals surface area contributed by atoms with Crippen molar-refractivity contribution < 1.29 is 17.5 Å². The van der Waals surface area contributed by atoms with Crippen LogP contribution in [0.5, 0.6) is 0 Å². The van der Waals surface area contributed by atoms with E-state index in [1.54, 1.807) is 4.68 Å². The molecule has 0 unspecified atom stereocenters. The molecule has 1 aliphatic rings. The third-order valence-electron chi connectivity index (χ3n) is 3.72. The minimum Gasteiger partial charge on any atom is -0.376 e. The molecule has 1 aliphatic heterocycles. The molecule has 0 amide bonds. The Kier molecular flexibility index (Phi) is 4.41. The zero-order valence-corrected chi connectivity index (χ0v) is 13.9. The highest BCUT2D eigenvalue weighted by Crippen LogP contribution is 2.22. The summed E-state index contributed by atoms with van der Waals surface area (Å²) in [5, 5.41) is 4.10. The van der Waals surface area contributed by atoms with Gasteiger partial charge in [-0.3, -0.25) is 4.68 Å². The van der Waals surface area contributed by atoms with Gasteiger partial charge in [-0.15, -0.1) is 0 Å². The fraction of sp³-hybridized carbons (Fsp3) is 0.357. The molecular weight excluding hydrogens is 345 g/mol. The van der Waals surface area contributed by atoms with E-state index in [0.717, 1.165) is 29.8 Å². The van der Waals surface area contributed by atoms with E-state index >= 15 is 0 Å². The molecule has 1 aromatic heterocycles. The van der Waals surface area contributed by atoms with Crippen molar-refractivity contribution in [2.24, 2.45) is 7.05 Å². The third kappa shape index (κ3) is 3.25. The number of halogens is 2. The largest absolute Gasteiger partial charge is 0.376 e. The molecule has 2 aromatic rings. The number of nitrogens with one attached hydrogen (secondary N) is 1. The van der Waals surface area contributed by atoms with Gasteiger partial charge in [0.1, 0.15) is 5.82 Å². The first-order valence-corrected chi connectivity index (χ1v) is 8.80. The number of nitrogens with zero attached hydrogens (tertiary/aromatic N) is 2. The van der Waals surface area contributed by atoms with Crippen molar-refractivity contribution in [3.8, 4) is 0 Å². The number of ether oxygens (including phenoxy) is 1. The number of fused-ring (bicyclic) bond motifs is 1. The molecule has 9 heteroatoms. The van der Waals surface area contributed by atoms with Crippen molar-refractivity contribution in [2.45, 2.75) is 24.5 Å². The Morgan fingerprint density at radius 3 is 3.00 bits per heavy atom. The molecule has 23 heavy (non-hydrogen) atoms. The first-order valence-electron chi connectivity index (χ1n) is 6.94. The van der Waals surface area contributed by atoms with Gasteiger partial charge in [-0.1, -0.05) is 11.6 Å². The van der Waals surface area contributed by atoms with Crippen LogP contribution in [-0.4, -0.2) is 24.8 Å². The molecule has 1 N–H and O–H groups in total. The molecule has 124 valence electrons. The van der Waals surface area contributed by atoms with Crippen molar-refractivity contribution in [3.63, 3.8) is 0 Å². The van der Waals surface area contributed by atoms with Crippen LogP contribution in [0.1, 0.15) is 17.0 Å². The standard InChI is InChI=1S/C14H15ClFN3O3S/c1-19-14-4-5-22-8-10(14)13(18-19)7-17-23(20,21)9-2-3-12(16)11(15)6-9/h2-3,6,17H,4-5,7-8H2,1H3. The molecule has 0 bridgehead atoms. The Morgan fingerprint density at radius 1 is 1.48 bits per heavy atom. The van der Waals surface area contributed by atoms with Gasteiger partial charge in [-0.25, -0.2) is 17.5 Å². The van der Waals surface area contributed by atoms with Crippen LogP contribution in [0.2, 0.25) is 5.02 Å². The second kappa shape index (κ2) is 6.20. The zero-order chi connectivity index (χ0) is 16.6. The Morgan fingerprint density at radius 2 is 2.26 bits per heavy atom. The molecule has 0 atom stereocenters. The quantitative estimate of drug-likeness (QED) is 0.902. The maximum Gasteiger partial charge on any atom is 0.240 e. The molecular formula is C14H15ClFN3O3S. The summed E-state index contributed by atoms with van der Waals surface area (Å²) < 4.78 is 47.3. The number of aryl methyl sites for hydroxylation is 1. The van der Waals surface area contributed by atoms with E-state index in [0.29, 0.717) is 18.9 Å². The summed E-state index contributed by atoms with van der Waals surface area (Å²) in [7, 11) is -1.98. The average Bonchev–Trinajstić information content (AvgIpc) is 2.85. The summed E-state index contributed by atoms with van der Waals surface area (Å²) in [6.07, 6.45) is 0.749. The lowest BCUT2D eigenvalue weighted by Crippen LogP contribution is -2.24. The smallest absolute Gasteiger partial charge is 0.240 e. The molecule has 6 nitrogen and oxygen atoms in total. The molecule has 0 aliphatic carbocycles. The number of benzene rings is 1. The van der Waals surface area contributed by atoms with Gasteiger partial charge in [-0.2, -0.15) is 5.10 Å². The highest BCUT2D eigenvalue weighted by Gasteiger charge is 2.22. The second-order valence-corrected chi connectivity index (χ2v) is 7.37. The predicted molar refractivity (Wildman–Crippen MR) is 82.0 cm³/mol. The minimum absolute atomic E-state index is 0.0316. The monoisotopic (exact) mass is 359 g/mol. The number of hydrogen-bond acceptors (Lipinski definition) is 4. The predicted octanol–water partition coefficient (Wildman–Crippen LogP) is 1.76. The second-order valence-electron chi connectivity index (χ2n) is 5.20. The summed E-state index contributed by atoms with van der Waals surface area (Å²) in [4.78, 5) is -0.0926. The van der Waals surface area contributed by atoms with Crippen LogP contribution in [0.15, 0.2) is 23.1 Å². The number of sulfonamides is 1. The Balaban J connectivity index is 1.81. The van der Waals surface area contributed by atoms with Gasteiger partial charge >= 0.3 is 0 Å². The molecule has 3 rings (SSSR count). The summed E-state index contributed by atoms with van der Waals surface area (Å²) >= 11 is 5.64. The summed E-state index contributed by atoms with van der Waals surface area (Å²) in [6, 6.07) is 3.27. The minimum atomic E-state index is -3.81. The summed E-state index contributed by atoms with van der Waals surface area (Å²) in [5.41, 5.74) is 2.59. The van der Waals surface area contributed by atoms with Crippen LogP contribution >= 0.6 is 11.6 Å². The molecule has 0 spiro atoms. The lowest BCUT2D eigenvalue weighted by atomic mass is 10.1. The highest BCUT2D eigenvalue weighted by atomic mass is 35.5. The fourth-order valence-electron chi connectivity index (χ4n) is 2.52. The first kappa shape index (κ1) is 16.4. The Labute approximate surface area is 138 Å². The number of rotatable bonds is 4. The van der Waals surface area contributed by atoms with Crippen molar-refractivity contribution in [1.29, 1.82) is 0 Å². The van der Waals surface area contributed by atoms with Crippen LogP contribution in [0, 0.1) is 5.82 Å². The van der Waals surface area contributed by atoms with Gasteiger partial charge in [0, 0.05) is 24.7 Å². The maximum absolute atomic E-state index is 13.2. The van der Waals surface area contributed by atoms with Crippen LogP contribution < -0.4 is 4.72 Å². The van der Waals surface area contributed by atoms with Crippen molar-refractivity contribution >= 4 is 21.6 Å². The van der Waals surface area contributed by atoms with Crippen LogP contribution in [0.25, 0.3) is 0 Å². The van der Waals surface area contributed by atoms with E-state index in [4.69, 9.17) is 16.3 Å². The third-order valence-corrected chi connectivity index (χ3v) is 5.41. The van der Waals surface area contributed by atoms with Gasteiger partial charge in [-0.05, 0) is 18.2 Å². The van der Waals surface area contributed by atoms with Gasteiger partial charge in [0.05, 0.1) is 35.4 Å². The van der Waals surface area contributed by atoms with Gasteiger partial charge in [0.15, 0.2) is 0 Å². The van der Waals surface area contributed by atoms with E-state index in [9.17, 15) is 12.8 Å². The number of aromatic nitrogens is 2. The van der Waals surface area contributed by atoms with E-state index in [1.807, 2.05) is 7.05 Å². The SMILES string of the molecule is Cn1nc(CNS(=O)(=O)c2ccc(F)c(Cl)c2)c2c1CCOC2. The van der Waals surface area contributed by atoms with Crippen LogP contribution in [0.3, 0.4) is 0 Å². The van der Waals surface area contributed by atoms with Crippen LogP contribution in [0.4, 0.5) is 4.39 Å². The van der Waals surface area contributed by atoms with E-state index in [2.05, 4.69) is 9.82 Å². The van der Waals surface area contributed by atoms with E-state index in [-0.39, 0.29) is 16.5 Å². The average molecular weight is 360 g/mol. The van der Waals surface area contributed by atoms with Gasteiger partial charge in [0.2, 0.25) is 10.0 Å². The van der Waals surface area contributed by atoms with E-state index in [1.165, 1.54) is 6.07 Å². The molecule has 0 radical (unpaired) electrons. The molecule has 2 heterocycles. The number of hydrogen-bond donors (Lipinski definition) is 1. The zero-order valence-electron chi connectivity index (χ0n) is 12.3. The molecule has 1 aromatic carbocycles. The highest BCUT2D eigenvalue weighted by molar-refractivity contribution is 7.89. The lowest BCUT2D eigenvalue weighted by Gasteiger charge is -2.14. The van der Waals surface area contributed by atoms with Crippen LogP contribution in [-0.2, 0) is 41.4 Å². The lowest BCUT2D eigenvalue weighted by molar-refractivity contribution is 0.108. The van der Waals surface area contributed by atoms with E-state index < -0.39 is 15.8 Å². The fourth-order valence-corrected chi connectivity index (χ4v) is 3.78. The Hall–Kier alpha value is -1.48. The maximum atomic E-state index is 13.2. The molecule has 0 saturated carbocycles. The molecule has 0 saturated heterocycles. The molecule has 0 fully saturated rings. The van der Waals surface area contributed by atoms with Crippen molar-refractivity contribution in [2.75, 3.05) is 6.61 Å². The van der Waals surface area contributed by atoms with Gasteiger partial charge in [0.25, 0.3) is 0 Å². The Bertz CT molecular complexity index is 851. The first-order chi connectivity index (χ1) is 10.9. The van der Waals surface area contributed by atoms with Crippen molar-refractivity contribution in [1.82, 2.24) is 14.5 Å². The summed E-state index contributed by atoms with van der Waals surface area (Å²) in [6.45, 7) is 1.08. The van der Waals surface area contributed by atoms with Gasteiger partial charge < -0.3 is 4.74 Å².